The Morgan fingerprint density at radius 2 is 1.95 bits per heavy atom. The van der Waals surface area contributed by atoms with Crippen molar-refractivity contribution in [3.8, 4) is 0 Å². The molecule has 1 aromatic carbocycles. The Balaban J connectivity index is 2.09. The van der Waals surface area contributed by atoms with Crippen molar-refractivity contribution in [3.63, 3.8) is 0 Å². The van der Waals surface area contributed by atoms with Gasteiger partial charge in [-0.05, 0) is 25.5 Å². The maximum absolute atomic E-state index is 12.1. The molecule has 0 aliphatic rings. The van der Waals surface area contributed by atoms with Crippen molar-refractivity contribution in [3.05, 3.63) is 69.6 Å². The molecule has 0 aliphatic heterocycles. The number of aryl methyl sites for hydroxylation is 1. The van der Waals surface area contributed by atoms with Gasteiger partial charge in [-0.15, -0.1) is 0 Å². The van der Waals surface area contributed by atoms with Crippen LogP contribution in [0, 0.1) is 6.92 Å². The van der Waals surface area contributed by atoms with E-state index in [1.54, 1.807) is 32.0 Å². The van der Waals surface area contributed by atoms with Gasteiger partial charge in [0, 0.05) is 17.3 Å². The molecule has 5 nitrogen and oxygen atoms in total. The molecule has 0 saturated heterocycles. The van der Waals surface area contributed by atoms with Crippen LogP contribution in [0.15, 0.2) is 47.3 Å². The number of amides is 1. The van der Waals surface area contributed by atoms with E-state index in [9.17, 15) is 14.7 Å². The molecule has 3 N–H and O–H groups in total. The molecular formula is C16H18N2O3. The van der Waals surface area contributed by atoms with Crippen LogP contribution in [-0.4, -0.2) is 22.5 Å². The Bertz CT molecular complexity index is 690. The van der Waals surface area contributed by atoms with Crippen molar-refractivity contribution in [2.45, 2.75) is 19.4 Å². The first kappa shape index (κ1) is 15.0. The average molecular weight is 286 g/mol. The molecule has 1 unspecified atom stereocenters. The first-order chi connectivity index (χ1) is 9.88. The summed E-state index contributed by atoms with van der Waals surface area (Å²) in [5, 5.41) is 13.1. The normalized spacial score (nSPS) is 13.5. The second kappa shape index (κ2) is 5.93. The zero-order valence-corrected chi connectivity index (χ0v) is 12.0. The average Bonchev–Trinajstić information content (AvgIpc) is 2.45. The van der Waals surface area contributed by atoms with Crippen LogP contribution in [0.25, 0.3) is 0 Å². The fraction of sp³-hybridized carbons (Fsp3) is 0.250. The molecule has 1 heterocycles. The summed E-state index contributed by atoms with van der Waals surface area (Å²) in [5.41, 5.74) is 0.109. The van der Waals surface area contributed by atoms with Gasteiger partial charge in [0.1, 0.15) is 5.60 Å². The van der Waals surface area contributed by atoms with Crippen LogP contribution < -0.4 is 10.9 Å². The van der Waals surface area contributed by atoms with Crippen LogP contribution >= 0.6 is 0 Å². The Kier molecular flexibility index (Phi) is 4.23. The number of carbonyl (C=O) groups excluding carboxylic acids is 1. The van der Waals surface area contributed by atoms with E-state index in [1.807, 2.05) is 18.2 Å². The highest BCUT2D eigenvalue weighted by atomic mass is 16.3. The largest absolute Gasteiger partial charge is 0.384 e. The predicted molar refractivity (Wildman–Crippen MR) is 80.1 cm³/mol. The standard InChI is InChI=1S/C16H18N2O3/c1-11-8-12(9-14(19)18-11)15(20)17-10-16(2,21)13-6-4-3-5-7-13/h3-9,21H,10H2,1-2H3,(H,17,20)(H,18,19). The van der Waals surface area contributed by atoms with Gasteiger partial charge >= 0.3 is 0 Å². The highest BCUT2D eigenvalue weighted by Crippen LogP contribution is 2.19. The first-order valence-electron chi connectivity index (χ1n) is 6.65. The molecule has 0 radical (unpaired) electrons. The van der Waals surface area contributed by atoms with E-state index in [4.69, 9.17) is 0 Å². The summed E-state index contributed by atoms with van der Waals surface area (Å²) < 4.78 is 0. The third-order valence-electron chi connectivity index (χ3n) is 3.23. The number of nitrogens with one attached hydrogen (secondary N) is 2. The third kappa shape index (κ3) is 3.79. The van der Waals surface area contributed by atoms with Crippen LogP contribution in [0.2, 0.25) is 0 Å². The van der Waals surface area contributed by atoms with Gasteiger partial charge in [0.05, 0.1) is 6.54 Å². The van der Waals surface area contributed by atoms with Gasteiger partial charge in [0.2, 0.25) is 5.56 Å². The summed E-state index contributed by atoms with van der Waals surface area (Å²) in [6, 6.07) is 11.9. The number of pyridine rings is 1. The van der Waals surface area contributed by atoms with Crippen molar-refractivity contribution in [1.29, 1.82) is 0 Å². The molecule has 0 bridgehead atoms. The van der Waals surface area contributed by atoms with Gasteiger partial charge in [0.25, 0.3) is 5.91 Å². The van der Waals surface area contributed by atoms with E-state index < -0.39 is 5.60 Å². The van der Waals surface area contributed by atoms with Crippen LogP contribution in [0.4, 0.5) is 0 Å². The summed E-state index contributed by atoms with van der Waals surface area (Å²) in [7, 11) is 0. The van der Waals surface area contributed by atoms with Crippen molar-refractivity contribution < 1.29 is 9.90 Å². The minimum Gasteiger partial charge on any atom is -0.384 e. The summed E-state index contributed by atoms with van der Waals surface area (Å²) in [6.07, 6.45) is 0. The molecule has 0 fully saturated rings. The Hall–Kier alpha value is -2.40. The zero-order valence-electron chi connectivity index (χ0n) is 12.0. The maximum Gasteiger partial charge on any atom is 0.251 e. The number of carbonyl (C=O) groups is 1. The third-order valence-corrected chi connectivity index (χ3v) is 3.23. The lowest BCUT2D eigenvalue weighted by atomic mass is 9.96. The second-order valence-corrected chi connectivity index (χ2v) is 5.24. The Morgan fingerprint density at radius 3 is 2.57 bits per heavy atom. The molecule has 0 saturated carbocycles. The van der Waals surface area contributed by atoms with E-state index in [0.29, 0.717) is 11.3 Å². The molecule has 5 heteroatoms. The molecule has 0 aliphatic carbocycles. The molecule has 2 rings (SSSR count). The zero-order chi connectivity index (χ0) is 15.5. The van der Waals surface area contributed by atoms with Crippen LogP contribution in [-0.2, 0) is 5.60 Å². The van der Waals surface area contributed by atoms with E-state index in [2.05, 4.69) is 10.3 Å². The monoisotopic (exact) mass is 286 g/mol. The summed E-state index contributed by atoms with van der Waals surface area (Å²) in [4.78, 5) is 26.0. The number of hydrogen-bond donors (Lipinski definition) is 3. The quantitative estimate of drug-likeness (QED) is 0.793. The number of benzene rings is 1. The molecular weight excluding hydrogens is 268 g/mol. The summed E-state index contributed by atoms with van der Waals surface area (Å²) in [6.45, 7) is 3.39. The van der Waals surface area contributed by atoms with Crippen LogP contribution in [0.3, 0.4) is 0 Å². The van der Waals surface area contributed by atoms with Gasteiger partial charge < -0.3 is 15.4 Å². The Morgan fingerprint density at radius 1 is 1.29 bits per heavy atom. The van der Waals surface area contributed by atoms with Gasteiger partial charge in [-0.25, -0.2) is 0 Å². The molecule has 110 valence electrons. The summed E-state index contributed by atoms with van der Waals surface area (Å²) in [5.74, 6) is -0.389. The van der Waals surface area contributed by atoms with Gasteiger partial charge in [0.15, 0.2) is 0 Å². The fourth-order valence-corrected chi connectivity index (χ4v) is 2.07. The predicted octanol–water partition coefficient (Wildman–Crippen LogP) is 1.32. The topological polar surface area (TPSA) is 82.2 Å². The van der Waals surface area contributed by atoms with E-state index in [-0.39, 0.29) is 23.6 Å². The minimum absolute atomic E-state index is 0.0572. The number of aromatic amines is 1. The van der Waals surface area contributed by atoms with Crippen molar-refractivity contribution >= 4 is 5.91 Å². The van der Waals surface area contributed by atoms with Gasteiger partial charge in [-0.2, -0.15) is 0 Å². The van der Waals surface area contributed by atoms with E-state index in [1.165, 1.54) is 6.07 Å². The smallest absolute Gasteiger partial charge is 0.251 e. The number of aromatic nitrogens is 1. The molecule has 21 heavy (non-hydrogen) atoms. The van der Waals surface area contributed by atoms with Crippen molar-refractivity contribution in [2.75, 3.05) is 6.54 Å². The highest BCUT2D eigenvalue weighted by Gasteiger charge is 2.23. The molecule has 1 amide bonds. The van der Waals surface area contributed by atoms with Crippen molar-refractivity contribution in [1.82, 2.24) is 10.3 Å². The molecule has 1 atom stereocenters. The first-order valence-corrected chi connectivity index (χ1v) is 6.65. The summed E-state index contributed by atoms with van der Waals surface area (Å²) >= 11 is 0. The molecule has 0 spiro atoms. The van der Waals surface area contributed by atoms with E-state index >= 15 is 0 Å². The molecule has 2 aromatic rings. The van der Waals surface area contributed by atoms with Crippen LogP contribution in [0.5, 0.6) is 0 Å². The second-order valence-electron chi connectivity index (χ2n) is 5.24. The SMILES string of the molecule is Cc1cc(C(=O)NCC(C)(O)c2ccccc2)cc(=O)[nH]1. The number of aliphatic hydroxyl groups is 1. The van der Waals surface area contributed by atoms with Crippen LogP contribution in [0.1, 0.15) is 28.5 Å². The minimum atomic E-state index is -1.17. The van der Waals surface area contributed by atoms with E-state index in [0.717, 1.165) is 0 Å². The van der Waals surface area contributed by atoms with Crippen molar-refractivity contribution in [2.24, 2.45) is 0 Å². The maximum atomic E-state index is 12.1. The lowest BCUT2D eigenvalue weighted by Crippen LogP contribution is -2.38. The number of H-pyrrole nitrogens is 1. The lowest BCUT2D eigenvalue weighted by Gasteiger charge is -2.24. The lowest BCUT2D eigenvalue weighted by molar-refractivity contribution is 0.0526. The fourth-order valence-electron chi connectivity index (χ4n) is 2.07. The Labute approximate surface area is 122 Å². The molecule has 1 aromatic heterocycles. The van der Waals surface area contributed by atoms with Gasteiger partial charge in [-0.3, -0.25) is 9.59 Å². The number of hydrogen-bond acceptors (Lipinski definition) is 3. The number of rotatable bonds is 4. The highest BCUT2D eigenvalue weighted by molar-refractivity contribution is 5.94. The van der Waals surface area contributed by atoms with Gasteiger partial charge in [-0.1, -0.05) is 30.3 Å².